The van der Waals surface area contributed by atoms with E-state index in [9.17, 15) is 14.4 Å². The number of imidazole rings is 1. The third kappa shape index (κ3) is 3.65. The van der Waals surface area contributed by atoms with Gasteiger partial charge in [0, 0.05) is 38.5 Å². The zero-order valence-electron chi connectivity index (χ0n) is 18.9. The Bertz CT molecular complexity index is 1500. The summed E-state index contributed by atoms with van der Waals surface area (Å²) in [6, 6.07) is 12.3. The molecule has 0 bridgehead atoms. The lowest BCUT2D eigenvalue weighted by atomic mass is 10.1. The zero-order valence-corrected chi connectivity index (χ0v) is 18.9. The van der Waals surface area contributed by atoms with Gasteiger partial charge >= 0.3 is 5.69 Å². The van der Waals surface area contributed by atoms with Crippen LogP contribution in [0.5, 0.6) is 11.5 Å². The minimum Gasteiger partial charge on any atom is -0.497 e. The molecule has 10 nitrogen and oxygen atoms in total. The van der Waals surface area contributed by atoms with Crippen molar-refractivity contribution in [2.24, 2.45) is 14.1 Å². The number of nitrogens with one attached hydrogen (secondary N) is 1. The minimum atomic E-state index is -0.480. The quantitative estimate of drug-likeness (QED) is 0.500. The topological polar surface area (TPSA) is 109 Å². The molecule has 0 unspecified atom stereocenters. The fraction of sp³-hybridized carbons (Fsp3) is 0.217. The lowest BCUT2D eigenvalue weighted by molar-refractivity contribution is -0.114. The molecule has 0 radical (unpaired) electrons. The number of fused-ring (bicyclic) bond motifs is 1. The molecule has 0 aliphatic rings. The molecule has 2 aromatic heterocycles. The van der Waals surface area contributed by atoms with Crippen LogP contribution in [-0.2, 0) is 18.9 Å². The van der Waals surface area contributed by atoms with Crippen molar-refractivity contribution in [3.8, 4) is 28.6 Å². The van der Waals surface area contributed by atoms with Gasteiger partial charge in [-0.15, -0.1) is 0 Å². The van der Waals surface area contributed by atoms with E-state index in [0.29, 0.717) is 34.3 Å². The fourth-order valence-corrected chi connectivity index (χ4v) is 3.72. The molecule has 1 amide bonds. The van der Waals surface area contributed by atoms with Crippen LogP contribution in [0.1, 0.15) is 6.92 Å². The van der Waals surface area contributed by atoms with Gasteiger partial charge in [0.25, 0.3) is 5.56 Å². The van der Waals surface area contributed by atoms with Gasteiger partial charge in [-0.1, -0.05) is 0 Å². The second-order valence-electron chi connectivity index (χ2n) is 7.44. The summed E-state index contributed by atoms with van der Waals surface area (Å²) >= 11 is 0. The van der Waals surface area contributed by atoms with Gasteiger partial charge in [0.05, 0.1) is 19.8 Å². The number of ether oxygens (including phenoxy) is 2. The number of amides is 1. The van der Waals surface area contributed by atoms with Crippen molar-refractivity contribution in [2.75, 3.05) is 19.5 Å². The van der Waals surface area contributed by atoms with Gasteiger partial charge in [0.1, 0.15) is 11.5 Å². The van der Waals surface area contributed by atoms with Gasteiger partial charge in [-0.3, -0.25) is 23.3 Å². The number of methoxy groups -OCH3 is 2. The molecule has 0 spiro atoms. The summed E-state index contributed by atoms with van der Waals surface area (Å²) in [5.74, 6) is 1.28. The van der Waals surface area contributed by atoms with Crippen LogP contribution in [0.4, 0.5) is 5.69 Å². The molecule has 0 atom stereocenters. The van der Waals surface area contributed by atoms with Crippen molar-refractivity contribution in [3.05, 3.63) is 63.3 Å². The number of anilines is 1. The second-order valence-corrected chi connectivity index (χ2v) is 7.44. The molecule has 0 saturated heterocycles. The molecule has 1 N–H and O–H groups in total. The molecule has 2 heterocycles. The largest absolute Gasteiger partial charge is 0.497 e. The Hall–Kier alpha value is -4.34. The van der Waals surface area contributed by atoms with Gasteiger partial charge in [-0.05, 0) is 36.4 Å². The molecule has 170 valence electrons. The molecule has 33 heavy (non-hydrogen) atoms. The first kappa shape index (κ1) is 21.9. The van der Waals surface area contributed by atoms with E-state index in [4.69, 9.17) is 9.47 Å². The number of benzene rings is 2. The standard InChI is InChI=1S/C23H23N5O5/c1-13(29)24-14-6-11-17(18(12-14)33-5)20-25-21-19(22(30)27(3)23(31)26(21)2)28(20)15-7-9-16(32-4)10-8-15/h6-12H,1-5H3,(H,24,29). The van der Waals surface area contributed by atoms with Gasteiger partial charge < -0.3 is 14.8 Å². The monoisotopic (exact) mass is 449 g/mol. The van der Waals surface area contributed by atoms with Crippen molar-refractivity contribution in [2.45, 2.75) is 6.92 Å². The van der Waals surface area contributed by atoms with Crippen LogP contribution in [0.15, 0.2) is 52.1 Å². The zero-order chi connectivity index (χ0) is 23.9. The molecule has 0 fully saturated rings. The fourth-order valence-electron chi connectivity index (χ4n) is 3.72. The number of nitrogens with zero attached hydrogens (tertiary/aromatic N) is 4. The van der Waals surface area contributed by atoms with Gasteiger partial charge in [0.15, 0.2) is 17.0 Å². The Balaban J connectivity index is 2.09. The van der Waals surface area contributed by atoms with Gasteiger partial charge in [-0.2, -0.15) is 0 Å². The van der Waals surface area contributed by atoms with Crippen molar-refractivity contribution in [1.82, 2.24) is 18.7 Å². The number of aryl methyl sites for hydroxylation is 1. The van der Waals surface area contributed by atoms with Crippen LogP contribution in [0.25, 0.3) is 28.2 Å². The molecule has 0 saturated carbocycles. The van der Waals surface area contributed by atoms with Crippen LogP contribution >= 0.6 is 0 Å². The Morgan fingerprint density at radius 1 is 0.970 bits per heavy atom. The highest BCUT2D eigenvalue weighted by Crippen LogP contribution is 2.35. The molecule has 0 aliphatic carbocycles. The third-order valence-electron chi connectivity index (χ3n) is 5.35. The Morgan fingerprint density at radius 3 is 2.27 bits per heavy atom. The van der Waals surface area contributed by atoms with Gasteiger partial charge in [0.2, 0.25) is 5.91 Å². The first-order chi connectivity index (χ1) is 15.8. The number of carbonyl (C=O) groups excluding carboxylic acids is 1. The second kappa shape index (κ2) is 8.30. The summed E-state index contributed by atoms with van der Waals surface area (Å²) in [6.07, 6.45) is 0. The first-order valence-electron chi connectivity index (χ1n) is 10.1. The molecule has 4 rings (SSSR count). The SMILES string of the molecule is COc1ccc(-n2c(-c3ccc(NC(C)=O)cc3OC)nc3c2c(=O)n(C)c(=O)n3C)cc1. The highest BCUT2D eigenvalue weighted by molar-refractivity contribution is 5.90. The average Bonchev–Trinajstić information content (AvgIpc) is 3.21. The van der Waals surface area contributed by atoms with Crippen LogP contribution in [-0.4, -0.2) is 38.8 Å². The number of hydrogen-bond donors (Lipinski definition) is 1. The molecule has 4 aromatic rings. The first-order valence-corrected chi connectivity index (χ1v) is 10.1. The summed E-state index contributed by atoms with van der Waals surface area (Å²) in [5.41, 5.74) is 1.31. The summed E-state index contributed by atoms with van der Waals surface area (Å²) < 4.78 is 14.9. The molecule has 2 aromatic carbocycles. The maximum Gasteiger partial charge on any atom is 0.332 e. The Kier molecular flexibility index (Phi) is 5.50. The van der Waals surface area contributed by atoms with E-state index in [1.807, 2.05) is 0 Å². The average molecular weight is 449 g/mol. The van der Waals surface area contributed by atoms with Gasteiger partial charge in [-0.25, -0.2) is 9.78 Å². The van der Waals surface area contributed by atoms with Crippen molar-refractivity contribution < 1.29 is 14.3 Å². The van der Waals surface area contributed by atoms with E-state index in [0.717, 1.165) is 4.57 Å². The van der Waals surface area contributed by atoms with Crippen LogP contribution in [0.3, 0.4) is 0 Å². The van der Waals surface area contributed by atoms with E-state index in [2.05, 4.69) is 10.3 Å². The van der Waals surface area contributed by atoms with Crippen LogP contribution < -0.4 is 26.0 Å². The van der Waals surface area contributed by atoms with E-state index < -0.39 is 11.2 Å². The molecular formula is C23H23N5O5. The van der Waals surface area contributed by atoms with Crippen molar-refractivity contribution >= 4 is 22.8 Å². The van der Waals surface area contributed by atoms with Crippen LogP contribution in [0.2, 0.25) is 0 Å². The van der Waals surface area contributed by atoms with Crippen LogP contribution in [0, 0.1) is 0 Å². The Labute approximate surface area is 188 Å². The summed E-state index contributed by atoms with van der Waals surface area (Å²) in [5, 5.41) is 2.72. The van der Waals surface area contributed by atoms with E-state index in [1.54, 1.807) is 61.2 Å². The third-order valence-corrected chi connectivity index (χ3v) is 5.35. The van der Waals surface area contributed by atoms with E-state index >= 15 is 0 Å². The predicted molar refractivity (Wildman–Crippen MR) is 124 cm³/mol. The maximum absolute atomic E-state index is 13.2. The number of rotatable bonds is 5. The number of aromatic nitrogens is 4. The smallest absolute Gasteiger partial charge is 0.332 e. The summed E-state index contributed by atoms with van der Waals surface area (Å²) in [7, 11) is 6.07. The normalized spacial score (nSPS) is 10.9. The number of hydrogen-bond acceptors (Lipinski definition) is 6. The lowest BCUT2D eigenvalue weighted by Crippen LogP contribution is -2.37. The lowest BCUT2D eigenvalue weighted by Gasteiger charge is -2.14. The van der Waals surface area contributed by atoms with Crippen molar-refractivity contribution in [1.29, 1.82) is 0 Å². The molecule has 0 aliphatic heterocycles. The van der Waals surface area contributed by atoms with E-state index in [-0.39, 0.29) is 17.1 Å². The van der Waals surface area contributed by atoms with Crippen molar-refractivity contribution in [3.63, 3.8) is 0 Å². The van der Waals surface area contributed by atoms with E-state index in [1.165, 1.54) is 25.6 Å². The highest BCUT2D eigenvalue weighted by Gasteiger charge is 2.23. The minimum absolute atomic E-state index is 0.214. The maximum atomic E-state index is 13.2. The number of carbonyl (C=O) groups is 1. The molecule has 10 heteroatoms. The summed E-state index contributed by atoms with van der Waals surface area (Å²) in [6.45, 7) is 1.42. The summed E-state index contributed by atoms with van der Waals surface area (Å²) in [4.78, 5) is 41.9. The predicted octanol–water partition coefficient (Wildman–Crippen LogP) is 2.07. The molecular weight excluding hydrogens is 426 g/mol. The highest BCUT2D eigenvalue weighted by atomic mass is 16.5. The Morgan fingerprint density at radius 2 is 1.67 bits per heavy atom.